The SMILES string of the molecule is CC(C)Oc1ccc(C(=O)NNC(=O)C2=NN(Cc3ccc(F)cc3)C(=O)CC2)cc1. The minimum atomic E-state index is -0.607. The third kappa shape index (κ3) is 6.11. The zero-order chi connectivity index (χ0) is 22.4. The number of nitrogens with zero attached hydrogens (tertiary/aromatic N) is 2. The average molecular weight is 426 g/mol. The van der Waals surface area contributed by atoms with Gasteiger partial charge in [-0.05, 0) is 55.8 Å². The van der Waals surface area contributed by atoms with Crippen LogP contribution in [0.2, 0.25) is 0 Å². The molecule has 8 nitrogen and oxygen atoms in total. The van der Waals surface area contributed by atoms with Gasteiger partial charge in [0.25, 0.3) is 11.8 Å². The second-order valence-electron chi connectivity index (χ2n) is 7.22. The number of halogens is 1. The first kappa shape index (κ1) is 21.9. The summed E-state index contributed by atoms with van der Waals surface area (Å²) in [4.78, 5) is 36.8. The average Bonchev–Trinajstić information content (AvgIpc) is 2.75. The van der Waals surface area contributed by atoms with Crippen LogP contribution in [0.5, 0.6) is 5.75 Å². The molecule has 1 aliphatic rings. The summed E-state index contributed by atoms with van der Waals surface area (Å²) in [6, 6.07) is 12.2. The largest absolute Gasteiger partial charge is 0.491 e. The summed E-state index contributed by atoms with van der Waals surface area (Å²) in [6.07, 6.45) is 0.283. The summed E-state index contributed by atoms with van der Waals surface area (Å²) in [5, 5.41) is 5.26. The van der Waals surface area contributed by atoms with Gasteiger partial charge in [-0.1, -0.05) is 12.1 Å². The van der Waals surface area contributed by atoms with Gasteiger partial charge >= 0.3 is 0 Å². The number of ether oxygens (including phenoxy) is 1. The van der Waals surface area contributed by atoms with Gasteiger partial charge in [0.1, 0.15) is 17.3 Å². The summed E-state index contributed by atoms with van der Waals surface area (Å²) in [5.74, 6) is -1.09. The zero-order valence-corrected chi connectivity index (χ0v) is 17.2. The molecule has 0 fully saturated rings. The Morgan fingerprint density at radius 1 is 1.03 bits per heavy atom. The first-order valence-electron chi connectivity index (χ1n) is 9.81. The van der Waals surface area contributed by atoms with Crippen molar-refractivity contribution in [3.63, 3.8) is 0 Å². The molecule has 0 aromatic heterocycles. The second-order valence-corrected chi connectivity index (χ2v) is 7.22. The van der Waals surface area contributed by atoms with Crippen LogP contribution in [0.15, 0.2) is 53.6 Å². The third-order valence-corrected chi connectivity index (χ3v) is 4.39. The predicted molar refractivity (Wildman–Crippen MR) is 111 cm³/mol. The Labute approximate surface area is 179 Å². The molecule has 1 aliphatic heterocycles. The van der Waals surface area contributed by atoms with E-state index in [1.54, 1.807) is 36.4 Å². The monoisotopic (exact) mass is 426 g/mol. The van der Waals surface area contributed by atoms with Crippen molar-refractivity contribution in [2.24, 2.45) is 5.10 Å². The molecule has 0 bridgehead atoms. The molecule has 0 aliphatic carbocycles. The van der Waals surface area contributed by atoms with Gasteiger partial charge in [0.2, 0.25) is 5.91 Å². The van der Waals surface area contributed by atoms with E-state index in [1.807, 2.05) is 13.8 Å². The van der Waals surface area contributed by atoms with Crippen LogP contribution in [-0.2, 0) is 16.1 Å². The number of hydrazone groups is 1. The van der Waals surface area contributed by atoms with E-state index in [0.29, 0.717) is 16.9 Å². The minimum absolute atomic E-state index is 0.0183. The molecule has 0 spiro atoms. The molecule has 0 unspecified atom stereocenters. The van der Waals surface area contributed by atoms with Crippen molar-refractivity contribution in [3.05, 3.63) is 65.5 Å². The molecular weight excluding hydrogens is 403 g/mol. The van der Waals surface area contributed by atoms with Crippen LogP contribution in [0.3, 0.4) is 0 Å². The van der Waals surface area contributed by atoms with Crippen molar-refractivity contribution >= 4 is 23.4 Å². The smallest absolute Gasteiger partial charge is 0.285 e. The summed E-state index contributed by atoms with van der Waals surface area (Å²) in [5.41, 5.74) is 5.78. The maximum absolute atomic E-state index is 13.1. The van der Waals surface area contributed by atoms with E-state index < -0.39 is 11.8 Å². The van der Waals surface area contributed by atoms with E-state index >= 15 is 0 Å². The van der Waals surface area contributed by atoms with Crippen molar-refractivity contribution in [2.75, 3.05) is 0 Å². The fraction of sp³-hybridized carbons (Fsp3) is 0.273. The van der Waals surface area contributed by atoms with E-state index in [2.05, 4.69) is 16.0 Å². The molecule has 0 saturated carbocycles. The molecule has 9 heteroatoms. The third-order valence-electron chi connectivity index (χ3n) is 4.39. The standard InChI is InChI=1S/C22H23FN4O4/c1-14(2)31-18-9-5-16(6-10-18)21(29)24-25-22(30)19-11-12-20(28)27(26-19)13-15-3-7-17(23)8-4-15/h3-10,14H,11-13H2,1-2H3,(H,24,29)(H,25,30). The Morgan fingerprint density at radius 3 is 2.32 bits per heavy atom. The van der Waals surface area contributed by atoms with Gasteiger partial charge in [-0.3, -0.25) is 25.2 Å². The number of hydrazine groups is 1. The van der Waals surface area contributed by atoms with Gasteiger partial charge in [-0.15, -0.1) is 0 Å². The maximum Gasteiger partial charge on any atom is 0.285 e. The molecule has 1 heterocycles. The normalized spacial score (nSPS) is 13.6. The maximum atomic E-state index is 13.1. The summed E-state index contributed by atoms with van der Waals surface area (Å²) >= 11 is 0. The Bertz CT molecular complexity index is 988. The van der Waals surface area contributed by atoms with E-state index in [0.717, 1.165) is 0 Å². The van der Waals surface area contributed by atoms with Crippen molar-refractivity contribution < 1.29 is 23.5 Å². The summed E-state index contributed by atoms with van der Waals surface area (Å²) < 4.78 is 18.6. The highest BCUT2D eigenvalue weighted by molar-refractivity contribution is 6.39. The number of nitrogens with one attached hydrogen (secondary N) is 2. The Hall–Kier alpha value is -3.75. The Kier molecular flexibility index (Phi) is 6.96. The molecular formula is C22H23FN4O4. The zero-order valence-electron chi connectivity index (χ0n) is 17.2. The lowest BCUT2D eigenvalue weighted by atomic mass is 10.1. The van der Waals surface area contributed by atoms with Crippen LogP contribution >= 0.6 is 0 Å². The predicted octanol–water partition coefficient (Wildman–Crippen LogP) is 2.55. The number of carbonyl (C=O) groups excluding carboxylic acids is 3. The van der Waals surface area contributed by atoms with Gasteiger partial charge in [-0.25, -0.2) is 9.40 Å². The molecule has 162 valence electrons. The van der Waals surface area contributed by atoms with Gasteiger partial charge in [0.15, 0.2) is 0 Å². The van der Waals surface area contributed by atoms with Gasteiger partial charge in [0, 0.05) is 18.4 Å². The lowest BCUT2D eigenvalue weighted by Crippen LogP contribution is -2.46. The molecule has 0 saturated heterocycles. The highest BCUT2D eigenvalue weighted by atomic mass is 19.1. The molecule has 3 amide bonds. The minimum Gasteiger partial charge on any atom is -0.491 e. The molecule has 0 radical (unpaired) electrons. The van der Waals surface area contributed by atoms with Crippen LogP contribution in [0.4, 0.5) is 4.39 Å². The lowest BCUT2D eigenvalue weighted by molar-refractivity contribution is -0.132. The fourth-order valence-corrected chi connectivity index (χ4v) is 2.87. The van der Waals surface area contributed by atoms with Crippen LogP contribution in [-0.4, -0.2) is 34.5 Å². The number of amides is 3. The highest BCUT2D eigenvalue weighted by Gasteiger charge is 2.25. The van der Waals surface area contributed by atoms with Crippen molar-refractivity contribution in [2.45, 2.75) is 39.3 Å². The fourth-order valence-electron chi connectivity index (χ4n) is 2.87. The Morgan fingerprint density at radius 2 is 1.68 bits per heavy atom. The van der Waals surface area contributed by atoms with E-state index in [4.69, 9.17) is 4.74 Å². The van der Waals surface area contributed by atoms with Crippen molar-refractivity contribution in [1.82, 2.24) is 15.9 Å². The van der Waals surface area contributed by atoms with E-state index in [-0.39, 0.29) is 42.9 Å². The van der Waals surface area contributed by atoms with Crippen LogP contribution < -0.4 is 15.6 Å². The molecule has 2 aromatic carbocycles. The number of benzene rings is 2. The summed E-state index contributed by atoms with van der Waals surface area (Å²) in [7, 11) is 0. The molecule has 31 heavy (non-hydrogen) atoms. The van der Waals surface area contributed by atoms with E-state index in [9.17, 15) is 18.8 Å². The van der Waals surface area contributed by atoms with Crippen molar-refractivity contribution in [3.8, 4) is 5.75 Å². The van der Waals surface area contributed by atoms with Crippen molar-refractivity contribution in [1.29, 1.82) is 0 Å². The quantitative estimate of drug-likeness (QED) is 0.694. The number of hydrogen-bond donors (Lipinski definition) is 2. The van der Waals surface area contributed by atoms with Gasteiger partial charge in [-0.2, -0.15) is 5.10 Å². The molecule has 2 N–H and O–H groups in total. The van der Waals surface area contributed by atoms with E-state index in [1.165, 1.54) is 17.1 Å². The first-order chi connectivity index (χ1) is 14.8. The van der Waals surface area contributed by atoms with Crippen LogP contribution in [0.25, 0.3) is 0 Å². The molecule has 2 aromatic rings. The first-order valence-corrected chi connectivity index (χ1v) is 9.81. The van der Waals surface area contributed by atoms with Gasteiger partial charge < -0.3 is 4.74 Å². The van der Waals surface area contributed by atoms with Gasteiger partial charge in [0.05, 0.1) is 12.6 Å². The second kappa shape index (κ2) is 9.84. The molecule has 3 rings (SSSR count). The highest BCUT2D eigenvalue weighted by Crippen LogP contribution is 2.15. The summed E-state index contributed by atoms with van der Waals surface area (Å²) in [6.45, 7) is 3.92. The number of hydrogen-bond acceptors (Lipinski definition) is 5. The Balaban J connectivity index is 1.58. The topological polar surface area (TPSA) is 100 Å². The van der Waals surface area contributed by atoms with Crippen LogP contribution in [0, 0.1) is 5.82 Å². The number of rotatable bonds is 6. The number of carbonyl (C=O) groups is 3. The van der Waals surface area contributed by atoms with Crippen LogP contribution in [0.1, 0.15) is 42.6 Å². The molecule has 0 atom stereocenters. The lowest BCUT2D eigenvalue weighted by Gasteiger charge is -2.23.